The third-order valence-corrected chi connectivity index (χ3v) is 13.9. The number of rotatable bonds is 7. The van der Waals surface area contributed by atoms with E-state index in [2.05, 4.69) is 14.6 Å². The van der Waals surface area contributed by atoms with E-state index in [4.69, 9.17) is 22.4 Å². The first-order chi connectivity index (χ1) is 29.0. The average Bonchev–Trinajstić information content (AvgIpc) is 4.11. The molecular formula is C42H56N4O9S. The van der Waals surface area contributed by atoms with Crippen LogP contribution in [0.2, 0.25) is 0 Å². The Morgan fingerprint density at radius 1 is 1.12 bits per heavy atom. The van der Waals surface area contributed by atoms with Crippen LogP contribution in [0.1, 0.15) is 100 Å². The molecule has 7 atom stereocenters. The summed E-state index contributed by atoms with van der Waals surface area (Å²) in [6, 6.07) is 4.41. The lowest BCUT2D eigenvalue weighted by molar-refractivity contribution is -0.160. The molecule has 0 radical (unpaired) electrons. The van der Waals surface area contributed by atoms with Gasteiger partial charge in [0.2, 0.25) is 27.7 Å². The molecule has 7 rings (SSSR count). The number of sulfonamides is 1. The Labute approximate surface area is 338 Å². The highest BCUT2D eigenvalue weighted by Gasteiger charge is 2.61. The minimum Gasteiger partial charge on any atom is -0.489 e. The molecule has 1 aromatic carbocycles. The third kappa shape index (κ3) is 8.40. The largest absolute Gasteiger partial charge is 0.489 e. The zero-order valence-electron chi connectivity index (χ0n) is 38.4. The molecule has 4 heterocycles. The standard InChI is InChI=1S/C42H56N4O9S/c1-25-9-7-8-10-27-22-42(27,40(50)44-56(51,52)29-11-12-29)23-35(47)34-20-28(24-46(34)39(49)32(26(2)19-25)21-36(48)55-41(3,4)5)54-38-31-13-14-33-37(30(31)15-16-43-38)53-18-17-45(33)6/h8,10,13-16,25-29,32,34H,7,9,11-12,17-24H2,1-6H3,(H,44,50)/b10-8-/t25-,26+,27+,28+,32-,34-,42+/m0/s1/i3D3,4D3. The highest BCUT2D eigenvalue weighted by molar-refractivity contribution is 7.90. The quantitative estimate of drug-likeness (QED) is 0.284. The molecule has 2 aromatic rings. The minimum atomic E-state index is -3.94. The van der Waals surface area contributed by atoms with Crippen molar-refractivity contribution in [1.29, 1.82) is 0 Å². The van der Waals surface area contributed by atoms with Crippen LogP contribution in [0.4, 0.5) is 5.69 Å². The first-order valence-electron chi connectivity index (χ1n) is 22.7. The maximum absolute atomic E-state index is 15.1. The number of carbonyl (C=O) groups excluding carboxylic acids is 4. The fourth-order valence-electron chi connectivity index (χ4n) is 8.73. The highest BCUT2D eigenvalue weighted by Crippen LogP contribution is 2.57. The molecule has 0 spiro atoms. The number of carbonyl (C=O) groups is 4. The molecule has 13 nitrogen and oxygen atoms in total. The summed E-state index contributed by atoms with van der Waals surface area (Å²) in [5.41, 5.74) is -3.35. The number of ketones is 1. The summed E-state index contributed by atoms with van der Waals surface area (Å²) in [4.78, 5) is 65.5. The van der Waals surface area contributed by atoms with E-state index in [1.54, 1.807) is 13.1 Å². The van der Waals surface area contributed by atoms with Gasteiger partial charge in [-0.05, 0) is 95.1 Å². The molecule has 2 amide bonds. The number of fused-ring (bicyclic) bond motifs is 5. The molecule has 56 heavy (non-hydrogen) atoms. The van der Waals surface area contributed by atoms with Gasteiger partial charge in [-0.3, -0.25) is 23.9 Å². The number of Topliss-reactive ketones (excluding diaryl/α,β-unsaturated/α-hetero) is 1. The Kier molecular flexibility index (Phi) is 8.96. The Balaban J connectivity index is 1.24. The summed E-state index contributed by atoms with van der Waals surface area (Å²) >= 11 is 0. The van der Waals surface area contributed by atoms with Crippen molar-refractivity contribution in [3.05, 3.63) is 36.5 Å². The second-order valence-electron chi connectivity index (χ2n) is 16.8. The van der Waals surface area contributed by atoms with Crippen molar-refractivity contribution in [3.8, 4) is 11.6 Å². The van der Waals surface area contributed by atoms with Crippen molar-refractivity contribution in [2.45, 2.75) is 115 Å². The molecule has 14 heteroatoms. The molecule has 2 aliphatic carbocycles. The first kappa shape index (κ1) is 32.8. The second-order valence-corrected chi connectivity index (χ2v) is 18.8. The van der Waals surface area contributed by atoms with Crippen molar-refractivity contribution in [2.75, 3.05) is 31.6 Å². The molecule has 304 valence electrons. The Bertz CT molecular complexity index is 2240. The van der Waals surface area contributed by atoms with Gasteiger partial charge in [0.05, 0.1) is 47.8 Å². The number of hydrogen-bond acceptors (Lipinski definition) is 11. The number of amides is 2. The van der Waals surface area contributed by atoms with Gasteiger partial charge in [-0.2, -0.15) is 0 Å². The molecule has 5 aliphatic rings. The maximum atomic E-state index is 15.1. The van der Waals surface area contributed by atoms with Gasteiger partial charge in [-0.1, -0.05) is 26.0 Å². The minimum absolute atomic E-state index is 0.0103. The van der Waals surface area contributed by atoms with Crippen molar-refractivity contribution < 1.29 is 50.0 Å². The van der Waals surface area contributed by atoms with Crippen LogP contribution < -0.4 is 19.1 Å². The molecule has 0 unspecified atom stereocenters. The number of nitrogens with zero attached hydrogens (tertiary/aromatic N) is 3. The molecule has 3 aliphatic heterocycles. The van der Waals surface area contributed by atoms with E-state index in [1.807, 2.05) is 44.3 Å². The monoisotopic (exact) mass is 798 g/mol. The summed E-state index contributed by atoms with van der Waals surface area (Å²) in [5.74, 6) is -4.28. The number of aromatic nitrogens is 1. The van der Waals surface area contributed by atoms with Crippen LogP contribution in [0.25, 0.3) is 10.8 Å². The van der Waals surface area contributed by atoms with Gasteiger partial charge >= 0.3 is 5.97 Å². The van der Waals surface area contributed by atoms with Crippen molar-refractivity contribution in [1.82, 2.24) is 14.6 Å². The van der Waals surface area contributed by atoms with Gasteiger partial charge in [0.15, 0.2) is 11.5 Å². The first-order valence-corrected chi connectivity index (χ1v) is 21.2. The molecule has 1 N–H and O–H groups in total. The molecular weight excluding hydrogens is 737 g/mol. The van der Waals surface area contributed by atoms with Crippen LogP contribution in [0.3, 0.4) is 0 Å². The Morgan fingerprint density at radius 3 is 2.66 bits per heavy atom. The molecule has 1 aromatic heterocycles. The fourth-order valence-corrected chi connectivity index (χ4v) is 10.1. The van der Waals surface area contributed by atoms with Crippen molar-refractivity contribution in [3.63, 3.8) is 0 Å². The molecule has 0 bridgehead atoms. The number of nitrogens with one attached hydrogen (secondary N) is 1. The van der Waals surface area contributed by atoms with Crippen LogP contribution in [0, 0.1) is 29.1 Å². The normalized spacial score (nSPS) is 32.6. The number of allylic oxidation sites excluding steroid dienone is 2. The van der Waals surface area contributed by atoms with Gasteiger partial charge in [0, 0.05) is 45.1 Å². The van der Waals surface area contributed by atoms with Gasteiger partial charge in [-0.25, -0.2) is 13.4 Å². The van der Waals surface area contributed by atoms with Crippen LogP contribution in [-0.4, -0.2) is 91.6 Å². The highest BCUT2D eigenvalue weighted by atomic mass is 32.2. The third-order valence-electron chi connectivity index (χ3n) is 12.1. The van der Waals surface area contributed by atoms with E-state index < -0.39 is 99.9 Å². The van der Waals surface area contributed by atoms with Crippen LogP contribution in [0.15, 0.2) is 36.5 Å². The van der Waals surface area contributed by atoms with Crippen LogP contribution in [-0.2, 0) is 33.9 Å². The zero-order chi connectivity index (χ0) is 45.2. The lowest BCUT2D eigenvalue weighted by Gasteiger charge is -2.32. The van der Waals surface area contributed by atoms with E-state index >= 15 is 4.79 Å². The molecule has 2 saturated carbocycles. The number of benzene rings is 1. The number of pyridine rings is 1. The zero-order valence-corrected chi connectivity index (χ0v) is 33.2. The molecule has 1 saturated heterocycles. The second kappa shape index (κ2) is 15.3. The number of likely N-dealkylation sites (N-methyl/N-ethyl adjacent to an activating group) is 1. The van der Waals surface area contributed by atoms with Gasteiger partial charge < -0.3 is 24.0 Å². The lowest BCUT2D eigenvalue weighted by Crippen LogP contribution is -2.47. The van der Waals surface area contributed by atoms with Crippen molar-refractivity contribution >= 4 is 50.1 Å². The Hall–Kier alpha value is -4.20. The van der Waals surface area contributed by atoms with Crippen LogP contribution in [0.5, 0.6) is 11.6 Å². The topological polar surface area (TPSA) is 162 Å². The van der Waals surface area contributed by atoms with Gasteiger partial charge in [0.25, 0.3) is 0 Å². The summed E-state index contributed by atoms with van der Waals surface area (Å²) in [6.45, 7) is -0.818. The summed E-state index contributed by atoms with van der Waals surface area (Å²) in [7, 11) is -1.98. The van der Waals surface area contributed by atoms with Gasteiger partial charge in [-0.15, -0.1) is 0 Å². The maximum Gasteiger partial charge on any atom is 0.307 e. The average molecular weight is 799 g/mol. The summed E-state index contributed by atoms with van der Waals surface area (Å²) in [6.07, 6.45) is 6.30. The van der Waals surface area contributed by atoms with E-state index in [0.29, 0.717) is 56.4 Å². The number of esters is 1. The SMILES string of the molecule is [2H]C([2H])([2H])C(C)(OC(=O)C[C@@H]1C(=O)N2C[C@H](Oc3nccc4c5c(ccc34)N(C)CCO5)C[C@H]2C(=O)C[C@]2(C(=O)NS(=O)(=O)C3CC3)C[C@H]2/C=C\CC[C@H](C)C[C@H]1C)C([2H])([2H])[2H]. The predicted molar refractivity (Wildman–Crippen MR) is 211 cm³/mol. The van der Waals surface area contributed by atoms with E-state index in [-0.39, 0.29) is 37.6 Å². The smallest absolute Gasteiger partial charge is 0.307 e. The van der Waals surface area contributed by atoms with E-state index in [0.717, 1.165) is 18.0 Å². The number of hydrogen-bond donors (Lipinski definition) is 1. The fraction of sp³-hybridized carbons (Fsp3) is 0.643. The molecule has 3 fully saturated rings. The number of anilines is 1. The van der Waals surface area contributed by atoms with E-state index in [9.17, 15) is 22.8 Å². The van der Waals surface area contributed by atoms with Crippen molar-refractivity contribution in [2.24, 2.45) is 29.1 Å². The predicted octanol–water partition coefficient (Wildman–Crippen LogP) is 5.35. The van der Waals surface area contributed by atoms with E-state index in [1.165, 1.54) is 4.90 Å². The summed E-state index contributed by atoms with van der Waals surface area (Å²) in [5, 5.41) is 0.724. The van der Waals surface area contributed by atoms with Gasteiger partial charge in [0.1, 0.15) is 18.3 Å². The Morgan fingerprint density at radius 2 is 1.91 bits per heavy atom. The van der Waals surface area contributed by atoms with Crippen LogP contribution >= 0.6 is 0 Å². The lowest BCUT2D eigenvalue weighted by atomic mass is 9.82. The number of ether oxygens (including phenoxy) is 3. The summed E-state index contributed by atoms with van der Waals surface area (Å²) < 4.78 is 93.8.